The molecule has 6 aromatic carbocycles. The van der Waals surface area contributed by atoms with E-state index in [1.165, 1.54) is 15.8 Å². The summed E-state index contributed by atoms with van der Waals surface area (Å²) in [7, 11) is -0.903. The highest BCUT2D eigenvalue weighted by atomic mass is 32.2. The molecule has 336 valence electrons. The Morgan fingerprint density at radius 1 is 0.422 bits per heavy atom. The third-order valence-corrected chi connectivity index (χ3v) is 11.7. The van der Waals surface area contributed by atoms with Crippen molar-refractivity contribution >= 4 is 60.4 Å². The van der Waals surface area contributed by atoms with E-state index in [1.54, 1.807) is 17.6 Å². The van der Waals surface area contributed by atoms with Gasteiger partial charge in [-0.2, -0.15) is 4.57 Å². The number of fused-ring (bicyclic) bond motifs is 1. The Labute approximate surface area is 350 Å². The van der Waals surface area contributed by atoms with Gasteiger partial charge in [-0.1, -0.05) is 35.6 Å². The molecule has 0 bridgehead atoms. The van der Waals surface area contributed by atoms with Gasteiger partial charge in [-0.25, -0.2) is 87.8 Å². The fourth-order valence-corrected chi connectivity index (χ4v) is 8.36. The number of thiazole rings is 1. The number of benzene rings is 6. The standard InChI is InChI=1S/C24BF20.C15H14NOS2/c26-5-1(6(27)14(35)21(42)13(5)34)25(2-7(28)15(36)22(43)16(37)8(2)29,3-9(30)17(38)23(44)18(39)10(3)31)4-11(32)19(40)24(45)20(41)12(4)33;1-19(17)13-8-6-12(7-9-13)10-16-11-18-15-5-3-2-4-14(15)16/h;2-9,11H,10H2,1H3/q-1;+1. The largest absolute Gasteiger partial charge is 0.255 e. The van der Waals surface area contributed by atoms with Crippen LogP contribution >= 0.6 is 11.3 Å². The van der Waals surface area contributed by atoms with Gasteiger partial charge in [0.1, 0.15) is 57.4 Å². The first-order valence-electron chi connectivity index (χ1n) is 17.0. The second kappa shape index (κ2) is 17.5. The molecule has 1 atom stereocenters. The van der Waals surface area contributed by atoms with E-state index in [1.807, 2.05) is 12.1 Å². The van der Waals surface area contributed by atoms with Crippen LogP contribution in [0.2, 0.25) is 0 Å². The van der Waals surface area contributed by atoms with Crippen molar-refractivity contribution < 1.29 is 96.6 Å². The molecule has 0 aliphatic heterocycles. The molecule has 0 radical (unpaired) electrons. The van der Waals surface area contributed by atoms with Gasteiger partial charge < -0.3 is 0 Å². The number of hydrogen-bond donors (Lipinski definition) is 0. The van der Waals surface area contributed by atoms with Gasteiger partial charge in [0.05, 0.1) is 0 Å². The van der Waals surface area contributed by atoms with Crippen LogP contribution in [-0.2, 0) is 17.3 Å². The van der Waals surface area contributed by atoms with E-state index in [9.17, 15) is 56.9 Å². The van der Waals surface area contributed by atoms with Crippen LogP contribution < -0.4 is 26.4 Å². The molecule has 64 heavy (non-hydrogen) atoms. The fourth-order valence-electron chi connectivity index (χ4n) is 6.95. The van der Waals surface area contributed by atoms with E-state index in [0.717, 1.165) is 11.4 Å². The minimum Gasteiger partial charge on any atom is -0.255 e. The van der Waals surface area contributed by atoms with E-state index in [0.29, 0.717) is 0 Å². The first kappa shape index (κ1) is 47.5. The van der Waals surface area contributed by atoms with Crippen molar-refractivity contribution in [3.8, 4) is 0 Å². The summed E-state index contributed by atoms with van der Waals surface area (Å²) in [6, 6.07) is 16.4. The Morgan fingerprint density at radius 3 is 1.00 bits per heavy atom. The number of halogens is 20. The second-order valence-corrected chi connectivity index (χ2v) is 15.5. The van der Waals surface area contributed by atoms with Gasteiger partial charge in [-0.05, 0) is 18.2 Å². The van der Waals surface area contributed by atoms with Gasteiger partial charge in [0.25, 0.3) is 0 Å². The molecule has 7 rings (SSSR count). The SMILES string of the molecule is CS(=O)c1ccc(C[n+]2csc3ccccc32)cc1.Fc1c(F)c(F)c([B-](c2c(F)c(F)c(F)c(F)c2F)(c2c(F)c(F)c(F)c(F)c2F)c2c(F)c(F)c(F)c(F)c2F)c(F)c1F. The smallest absolute Gasteiger partial charge is 0.226 e. The molecule has 0 aliphatic rings. The van der Waals surface area contributed by atoms with Crippen LogP contribution in [0.1, 0.15) is 5.56 Å². The minimum atomic E-state index is -7.22. The molecule has 0 aliphatic carbocycles. The topological polar surface area (TPSA) is 20.9 Å². The molecule has 7 aromatic rings. The van der Waals surface area contributed by atoms with Gasteiger partial charge >= 0.3 is 0 Å². The Hall–Kier alpha value is -5.98. The van der Waals surface area contributed by atoms with Crippen LogP contribution in [0, 0.1) is 116 Å². The summed E-state index contributed by atoms with van der Waals surface area (Å²) in [6.07, 6.45) is -5.51. The quantitative estimate of drug-likeness (QED) is 0.0515. The average Bonchev–Trinajstić information content (AvgIpc) is 3.68. The van der Waals surface area contributed by atoms with Crippen molar-refractivity contribution in [3.63, 3.8) is 0 Å². The summed E-state index contributed by atoms with van der Waals surface area (Å²) in [6.45, 7) is 0.848. The summed E-state index contributed by atoms with van der Waals surface area (Å²) in [5.74, 6) is -71.4. The predicted octanol–water partition coefficient (Wildman–Crippen LogP) is 8.82. The summed E-state index contributed by atoms with van der Waals surface area (Å²) >= 11 is 1.76. The maximum absolute atomic E-state index is 15.4. The molecule has 2 nitrogen and oxygen atoms in total. The third kappa shape index (κ3) is 7.34. The van der Waals surface area contributed by atoms with Crippen molar-refractivity contribution in [2.24, 2.45) is 0 Å². The Morgan fingerprint density at radius 2 is 0.703 bits per heavy atom. The van der Waals surface area contributed by atoms with Crippen LogP contribution in [0.25, 0.3) is 10.2 Å². The van der Waals surface area contributed by atoms with Gasteiger partial charge in [-0.3, -0.25) is 4.21 Å². The maximum Gasteiger partial charge on any atom is 0.226 e. The first-order valence-corrected chi connectivity index (χ1v) is 19.4. The van der Waals surface area contributed by atoms with Crippen LogP contribution in [-0.4, -0.2) is 16.6 Å². The molecule has 0 saturated carbocycles. The molecular formula is C39H14BF20NOS2. The monoisotopic (exact) mass is 967 g/mol. The molecule has 1 aromatic heterocycles. The molecule has 1 unspecified atom stereocenters. The molecular weight excluding hydrogens is 953 g/mol. The number of rotatable bonds is 7. The van der Waals surface area contributed by atoms with E-state index >= 15 is 35.1 Å². The highest BCUT2D eigenvalue weighted by molar-refractivity contribution is 7.84. The fraction of sp³-hybridized carbons (Fsp3) is 0.0513. The zero-order valence-corrected chi connectivity index (χ0v) is 32.3. The number of nitrogens with zero attached hydrogens (tertiary/aromatic N) is 1. The Kier molecular flexibility index (Phi) is 13.0. The highest BCUT2D eigenvalue weighted by Crippen LogP contribution is 2.31. The van der Waals surface area contributed by atoms with Crippen molar-refractivity contribution in [2.45, 2.75) is 11.4 Å². The number of hydrogen-bond acceptors (Lipinski definition) is 2. The van der Waals surface area contributed by atoms with Gasteiger partial charge in [-0.15, -0.1) is 21.9 Å². The maximum atomic E-state index is 15.4. The van der Waals surface area contributed by atoms with Crippen molar-refractivity contribution in [3.05, 3.63) is 176 Å². The summed E-state index contributed by atoms with van der Waals surface area (Å²) < 4.78 is 309. The lowest BCUT2D eigenvalue weighted by molar-refractivity contribution is -0.658. The van der Waals surface area contributed by atoms with E-state index in [4.69, 9.17) is 0 Å². The molecule has 0 spiro atoms. The minimum absolute atomic E-state index is 0.848. The number of aromatic nitrogens is 1. The van der Waals surface area contributed by atoms with E-state index < -0.39 is 155 Å². The lowest BCUT2D eigenvalue weighted by atomic mass is 9.12. The normalized spacial score (nSPS) is 12.2. The highest BCUT2D eigenvalue weighted by Gasteiger charge is 2.52. The van der Waals surface area contributed by atoms with Gasteiger partial charge in [0.2, 0.25) is 11.0 Å². The van der Waals surface area contributed by atoms with Crippen LogP contribution in [0.3, 0.4) is 0 Å². The second-order valence-electron chi connectivity index (χ2n) is 13.2. The average molecular weight is 967 g/mol. The van der Waals surface area contributed by atoms with Crippen molar-refractivity contribution in [1.29, 1.82) is 0 Å². The molecule has 0 fully saturated rings. The zero-order valence-electron chi connectivity index (χ0n) is 30.7. The Bertz CT molecular complexity index is 2690. The van der Waals surface area contributed by atoms with Crippen molar-refractivity contribution in [2.75, 3.05) is 6.26 Å². The molecule has 0 amide bonds. The van der Waals surface area contributed by atoms with E-state index in [-0.39, 0.29) is 0 Å². The number of para-hydroxylation sites is 1. The zero-order chi connectivity index (χ0) is 47.6. The summed E-state index contributed by atoms with van der Waals surface area (Å²) in [5, 5.41) is 0. The predicted molar refractivity (Wildman–Crippen MR) is 189 cm³/mol. The summed E-state index contributed by atoms with van der Waals surface area (Å²) in [4.78, 5) is 0.879. The first-order chi connectivity index (χ1) is 29.9. The van der Waals surface area contributed by atoms with E-state index in [2.05, 4.69) is 46.5 Å². The lowest BCUT2D eigenvalue weighted by Gasteiger charge is -2.44. The van der Waals surface area contributed by atoms with Gasteiger partial charge in [0.15, 0.2) is 76.4 Å². The van der Waals surface area contributed by atoms with Crippen molar-refractivity contribution in [1.82, 2.24) is 0 Å². The van der Waals surface area contributed by atoms with Crippen LogP contribution in [0.15, 0.2) is 58.9 Å². The third-order valence-electron chi connectivity index (χ3n) is 9.80. The Balaban J connectivity index is 0.000000295. The molecule has 25 heteroatoms. The summed E-state index contributed by atoms with van der Waals surface area (Å²) in [5.41, 5.74) is -9.70. The van der Waals surface area contributed by atoms with Gasteiger partial charge in [0, 0.05) is 33.6 Å². The lowest BCUT2D eigenvalue weighted by Crippen LogP contribution is -2.81. The molecule has 0 saturated heterocycles. The molecule has 1 heterocycles. The van der Waals surface area contributed by atoms with Crippen LogP contribution in [0.4, 0.5) is 87.8 Å². The molecule has 0 N–H and O–H groups in total. The van der Waals surface area contributed by atoms with Crippen LogP contribution in [0.5, 0.6) is 0 Å².